The van der Waals surface area contributed by atoms with Crippen LogP contribution in [-0.2, 0) is 14.4 Å². The van der Waals surface area contributed by atoms with Gasteiger partial charge in [-0.1, -0.05) is 44.2 Å². The van der Waals surface area contributed by atoms with E-state index in [0.717, 1.165) is 11.3 Å². The highest BCUT2D eigenvalue weighted by atomic mass is 16.5. The predicted octanol–water partition coefficient (Wildman–Crippen LogP) is 3.07. The number of ether oxygens (including phenoxy) is 1. The molecule has 0 spiro atoms. The largest absolute Gasteiger partial charge is 0.497 e. The Bertz CT molecular complexity index is 943. The van der Waals surface area contributed by atoms with E-state index in [1.807, 2.05) is 51.1 Å². The second-order valence-electron chi connectivity index (χ2n) is 8.47. The zero-order valence-electron chi connectivity index (χ0n) is 19.0. The lowest BCUT2D eigenvalue weighted by Crippen LogP contribution is -2.51. The van der Waals surface area contributed by atoms with E-state index in [2.05, 4.69) is 10.6 Å². The fourth-order valence-electron chi connectivity index (χ4n) is 3.83. The van der Waals surface area contributed by atoms with E-state index in [1.165, 1.54) is 0 Å². The Morgan fingerprint density at radius 2 is 1.66 bits per heavy atom. The molecule has 170 valence electrons. The highest BCUT2D eigenvalue weighted by Gasteiger charge is 2.37. The zero-order chi connectivity index (χ0) is 23.3. The monoisotopic (exact) mass is 437 g/mol. The van der Waals surface area contributed by atoms with Gasteiger partial charge in [-0.25, -0.2) is 0 Å². The second kappa shape index (κ2) is 10.3. The highest BCUT2D eigenvalue weighted by Crippen LogP contribution is 2.27. The van der Waals surface area contributed by atoms with Gasteiger partial charge in [0.1, 0.15) is 11.8 Å². The molecule has 7 nitrogen and oxygen atoms in total. The first-order valence-electron chi connectivity index (χ1n) is 10.9. The van der Waals surface area contributed by atoms with Crippen LogP contribution in [0.15, 0.2) is 54.6 Å². The van der Waals surface area contributed by atoms with Crippen LogP contribution in [0.2, 0.25) is 0 Å². The molecule has 3 atom stereocenters. The van der Waals surface area contributed by atoms with Gasteiger partial charge in [-0.05, 0) is 42.7 Å². The molecule has 0 radical (unpaired) electrons. The Kier molecular flexibility index (Phi) is 7.51. The number of carbonyl (C=O) groups is 3. The number of nitrogens with zero attached hydrogens (tertiary/aromatic N) is 1. The molecule has 1 aliphatic heterocycles. The van der Waals surface area contributed by atoms with Crippen molar-refractivity contribution >= 4 is 23.4 Å². The van der Waals surface area contributed by atoms with E-state index in [-0.39, 0.29) is 42.6 Å². The summed E-state index contributed by atoms with van der Waals surface area (Å²) in [5.41, 5.74) is 1.71. The first-order valence-corrected chi connectivity index (χ1v) is 10.9. The summed E-state index contributed by atoms with van der Waals surface area (Å²) in [7, 11) is 1.58. The Labute approximate surface area is 189 Å². The Hall–Kier alpha value is -3.35. The highest BCUT2D eigenvalue weighted by molar-refractivity contribution is 6.01. The number of hydrogen-bond acceptors (Lipinski definition) is 4. The third-order valence-electron chi connectivity index (χ3n) is 5.79. The smallest absolute Gasteiger partial charge is 0.243 e. The minimum atomic E-state index is -0.682. The van der Waals surface area contributed by atoms with Gasteiger partial charge in [-0.2, -0.15) is 0 Å². The van der Waals surface area contributed by atoms with E-state index in [1.54, 1.807) is 36.3 Å². The Morgan fingerprint density at radius 3 is 2.25 bits per heavy atom. The van der Waals surface area contributed by atoms with Crippen LogP contribution >= 0.6 is 0 Å². The van der Waals surface area contributed by atoms with Crippen LogP contribution in [0.3, 0.4) is 0 Å². The summed E-state index contributed by atoms with van der Waals surface area (Å²) < 4.78 is 5.16. The van der Waals surface area contributed by atoms with Crippen LogP contribution in [0.1, 0.15) is 38.8 Å². The number of carbonyl (C=O) groups excluding carboxylic acids is 3. The molecule has 1 fully saturated rings. The molecule has 0 aliphatic carbocycles. The molecule has 0 bridgehead atoms. The number of amides is 3. The zero-order valence-corrected chi connectivity index (χ0v) is 19.0. The molecule has 32 heavy (non-hydrogen) atoms. The third kappa shape index (κ3) is 5.46. The van der Waals surface area contributed by atoms with Crippen LogP contribution in [0.5, 0.6) is 5.75 Å². The lowest BCUT2D eigenvalue weighted by Gasteiger charge is -2.25. The van der Waals surface area contributed by atoms with Crippen molar-refractivity contribution in [2.45, 2.75) is 39.3 Å². The first-order chi connectivity index (χ1) is 15.3. The minimum Gasteiger partial charge on any atom is -0.497 e. The molecular formula is C25H31N3O4. The van der Waals surface area contributed by atoms with Crippen molar-refractivity contribution in [3.8, 4) is 5.75 Å². The van der Waals surface area contributed by atoms with Gasteiger partial charge >= 0.3 is 0 Å². The van der Waals surface area contributed by atoms with E-state index in [4.69, 9.17) is 4.74 Å². The predicted molar refractivity (Wildman–Crippen MR) is 123 cm³/mol. The molecule has 1 heterocycles. The van der Waals surface area contributed by atoms with Gasteiger partial charge in [-0.15, -0.1) is 0 Å². The molecule has 1 saturated heterocycles. The average molecular weight is 438 g/mol. The van der Waals surface area contributed by atoms with Crippen LogP contribution in [-0.4, -0.2) is 37.4 Å². The number of anilines is 1. The quantitative estimate of drug-likeness (QED) is 0.664. The molecule has 1 aliphatic rings. The maximum absolute atomic E-state index is 13.0. The number of benzene rings is 2. The summed E-state index contributed by atoms with van der Waals surface area (Å²) in [6.07, 6.45) is 0.116. The van der Waals surface area contributed by atoms with Crippen molar-refractivity contribution in [1.82, 2.24) is 10.6 Å². The topological polar surface area (TPSA) is 87.7 Å². The maximum Gasteiger partial charge on any atom is 0.243 e. The van der Waals surface area contributed by atoms with Gasteiger partial charge in [0.25, 0.3) is 0 Å². The molecule has 3 rings (SSSR count). The number of nitrogens with one attached hydrogen (secondary N) is 2. The minimum absolute atomic E-state index is 0.100. The standard InChI is InChI=1S/C25H31N3O4/c1-16(2)23(25(31)26-17(3)18-8-6-5-7-9-18)27-24(30)19-14-22(29)28(15-19)20-10-12-21(32-4)13-11-20/h5-13,16-17,19,23H,14-15H2,1-4H3,(H,26,31)(H,27,30)/t17-,19-,23-/m0/s1. The summed E-state index contributed by atoms with van der Waals surface area (Å²) in [5, 5.41) is 5.86. The summed E-state index contributed by atoms with van der Waals surface area (Å²) in [6, 6.07) is 16.0. The van der Waals surface area contributed by atoms with Crippen molar-refractivity contribution in [3.05, 3.63) is 60.2 Å². The number of methoxy groups -OCH3 is 1. The molecule has 0 aromatic heterocycles. The van der Waals surface area contributed by atoms with Gasteiger partial charge in [0.15, 0.2) is 0 Å². The van der Waals surface area contributed by atoms with Crippen molar-refractivity contribution in [2.75, 3.05) is 18.6 Å². The van der Waals surface area contributed by atoms with Gasteiger partial charge in [0.05, 0.1) is 19.1 Å². The van der Waals surface area contributed by atoms with E-state index in [0.29, 0.717) is 5.75 Å². The summed E-state index contributed by atoms with van der Waals surface area (Å²) in [6.45, 7) is 5.97. The first kappa shape index (κ1) is 23.3. The van der Waals surface area contributed by atoms with Gasteiger partial charge in [-0.3, -0.25) is 14.4 Å². The van der Waals surface area contributed by atoms with Crippen molar-refractivity contribution < 1.29 is 19.1 Å². The lowest BCUT2D eigenvalue weighted by molar-refractivity contribution is -0.132. The van der Waals surface area contributed by atoms with Crippen LogP contribution in [0.25, 0.3) is 0 Å². The SMILES string of the molecule is COc1ccc(N2C[C@@H](C(=O)N[C@H](C(=O)N[C@@H](C)c3ccccc3)C(C)C)CC2=O)cc1. The second-order valence-corrected chi connectivity index (χ2v) is 8.47. The molecule has 2 aromatic carbocycles. The molecule has 2 N–H and O–H groups in total. The van der Waals surface area contributed by atoms with Gasteiger partial charge < -0.3 is 20.3 Å². The normalized spacial score (nSPS) is 17.7. The average Bonchev–Trinajstić information content (AvgIpc) is 3.19. The molecule has 7 heteroatoms. The Balaban J connectivity index is 1.63. The van der Waals surface area contributed by atoms with Crippen molar-refractivity contribution in [1.29, 1.82) is 0 Å². The molecular weight excluding hydrogens is 406 g/mol. The molecule has 3 amide bonds. The van der Waals surface area contributed by atoms with Crippen LogP contribution in [0, 0.1) is 11.8 Å². The molecule has 2 aromatic rings. The van der Waals surface area contributed by atoms with E-state index >= 15 is 0 Å². The fraction of sp³-hybridized carbons (Fsp3) is 0.400. The van der Waals surface area contributed by atoms with E-state index < -0.39 is 12.0 Å². The summed E-state index contributed by atoms with van der Waals surface area (Å²) in [4.78, 5) is 40.0. The van der Waals surface area contributed by atoms with Crippen LogP contribution in [0.4, 0.5) is 5.69 Å². The summed E-state index contributed by atoms with van der Waals surface area (Å²) >= 11 is 0. The van der Waals surface area contributed by atoms with Gasteiger partial charge in [0.2, 0.25) is 17.7 Å². The fourth-order valence-corrected chi connectivity index (χ4v) is 3.83. The van der Waals surface area contributed by atoms with Crippen molar-refractivity contribution in [2.24, 2.45) is 11.8 Å². The Morgan fingerprint density at radius 1 is 1.00 bits per heavy atom. The number of hydrogen-bond donors (Lipinski definition) is 2. The number of rotatable bonds is 8. The van der Waals surface area contributed by atoms with Crippen LogP contribution < -0.4 is 20.3 Å². The lowest BCUT2D eigenvalue weighted by atomic mass is 10.00. The van der Waals surface area contributed by atoms with Crippen molar-refractivity contribution in [3.63, 3.8) is 0 Å². The van der Waals surface area contributed by atoms with E-state index in [9.17, 15) is 14.4 Å². The third-order valence-corrected chi connectivity index (χ3v) is 5.79. The molecule has 0 unspecified atom stereocenters. The maximum atomic E-state index is 13.0. The molecule has 0 saturated carbocycles. The van der Waals surface area contributed by atoms with Gasteiger partial charge in [0, 0.05) is 18.7 Å². The summed E-state index contributed by atoms with van der Waals surface area (Å²) in [5.74, 6) is -0.540.